The van der Waals surface area contributed by atoms with Gasteiger partial charge in [0.15, 0.2) is 5.15 Å². The number of imidazole rings is 1. The Labute approximate surface area is 111 Å². The molecule has 0 spiro atoms. The number of benzene rings is 1. The summed E-state index contributed by atoms with van der Waals surface area (Å²) < 4.78 is 7.32. The van der Waals surface area contributed by atoms with Crippen LogP contribution in [0.15, 0.2) is 24.3 Å². The first-order chi connectivity index (χ1) is 8.67. The van der Waals surface area contributed by atoms with Gasteiger partial charge in [0.1, 0.15) is 11.6 Å². The van der Waals surface area contributed by atoms with Crippen molar-refractivity contribution in [1.82, 2.24) is 9.55 Å². The minimum atomic E-state index is 0.368. The highest BCUT2D eigenvalue weighted by atomic mass is 35.5. The number of rotatable bonds is 4. The van der Waals surface area contributed by atoms with Crippen molar-refractivity contribution in [2.24, 2.45) is 12.8 Å². The zero-order valence-corrected chi connectivity index (χ0v) is 11.2. The highest BCUT2D eigenvalue weighted by Gasteiger charge is 2.13. The Bertz CT molecular complexity index is 534. The van der Waals surface area contributed by atoms with E-state index in [2.05, 4.69) is 4.98 Å². The first kappa shape index (κ1) is 12.9. The van der Waals surface area contributed by atoms with E-state index in [0.29, 0.717) is 18.3 Å². The molecule has 0 aliphatic carbocycles. The van der Waals surface area contributed by atoms with Crippen molar-refractivity contribution < 1.29 is 4.74 Å². The minimum absolute atomic E-state index is 0.368. The predicted molar refractivity (Wildman–Crippen MR) is 72.7 cm³/mol. The average Bonchev–Trinajstić information content (AvgIpc) is 2.66. The lowest BCUT2D eigenvalue weighted by Gasteiger charge is -2.07. The van der Waals surface area contributed by atoms with Gasteiger partial charge in [0, 0.05) is 12.6 Å². The molecule has 2 aromatic rings. The van der Waals surface area contributed by atoms with Crippen LogP contribution in [-0.2, 0) is 13.6 Å². The van der Waals surface area contributed by atoms with E-state index in [4.69, 9.17) is 22.1 Å². The van der Waals surface area contributed by atoms with Gasteiger partial charge >= 0.3 is 0 Å². The van der Waals surface area contributed by atoms with Crippen LogP contribution in [0.2, 0.25) is 5.15 Å². The van der Waals surface area contributed by atoms with Crippen LogP contribution >= 0.6 is 11.6 Å². The molecule has 1 aromatic heterocycles. The number of aromatic nitrogens is 2. The van der Waals surface area contributed by atoms with Crippen molar-refractivity contribution in [3.63, 3.8) is 0 Å². The summed E-state index contributed by atoms with van der Waals surface area (Å²) in [5.41, 5.74) is 7.49. The molecule has 0 atom stereocenters. The number of nitrogens with two attached hydrogens (primary N) is 1. The van der Waals surface area contributed by atoms with Crippen LogP contribution in [0.25, 0.3) is 11.3 Å². The third-order valence-electron chi connectivity index (χ3n) is 2.77. The van der Waals surface area contributed by atoms with Crippen molar-refractivity contribution in [3.8, 4) is 17.0 Å². The standard InChI is InChI=1S/C13H16ClN3O/c1-3-18-10-6-4-9(5-7-10)12-13(14)16-11(8-15)17(12)2/h4-7H,3,8,15H2,1-2H3. The molecule has 0 amide bonds. The van der Waals surface area contributed by atoms with Gasteiger partial charge in [-0.2, -0.15) is 0 Å². The zero-order valence-electron chi connectivity index (χ0n) is 10.5. The van der Waals surface area contributed by atoms with E-state index in [0.717, 1.165) is 22.8 Å². The van der Waals surface area contributed by atoms with Crippen LogP contribution in [0.3, 0.4) is 0 Å². The summed E-state index contributed by atoms with van der Waals surface area (Å²) >= 11 is 6.15. The van der Waals surface area contributed by atoms with E-state index in [1.165, 1.54) is 0 Å². The topological polar surface area (TPSA) is 53.1 Å². The van der Waals surface area contributed by atoms with Crippen LogP contribution < -0.4 is 10.5 Å². The maximum absolute atomic E-state index is 6.15. The monoisotopic (exact) mass is 265 g/mol. The first-order valence-electron chi connectivity index (χ1n) is 5.81. The van der Waals surface area contributed by atoms with Gasteiger partial charge in [-0.05, 0) is 31.2 Å². The molecule has 0 saturated heterocycles. The van der Waals surface area contributed by atoms with Crippen LogP contribution in [0.4, 0.5) is 0 Å². The summed E-state index contributed by atoms with van der Waals surface area (Å²) in [5, 5.41) is 0.474. The lowest BCUT2D eigenvalue weighted by molar-refractivity contribution is 0.340. The van der Waals surface area contributed by atoms with Gasteiger partial charge in [-0.1, -0.05) is 11.6 Å². The van der Waals surface area contributed by atoms with Crippen molar-refractivity contribution >= 4 is 11.6 Å². The van der Waals surface area contributed by atoms with Gasteiger partial charge in [0.05, 0.1) is 18.8 Å². The Morgan fingerprint density at radius 1 is 1.33 bits per heavy atom. The van der Waals surface area contributed by atoms with Gasteiger partial charge in [-0.25, -0.2) is 4.98 Å². The summed E-state index contributed by atoms with van der Waals surface area (Å²) in [6.07, 6.45) is 0. The third-order valence-corrected chi connectivity index (χ3v) is 3.03. The van der Waals surface area contributed by atoms with Crippen molar-refractivity contribution in [2.45, 2.75) is 13.5 Å². The molecule has 1 heterocycles. The fourth-order valence-corrected chi connectivity index (χ4v) is 2.21. The molecule has 96 valence electrons. The van der Waals surface area contributed by atoms with Crippen LogP contribution in [0.1, 0.15) is 12.7 Å². The first-order valence-corrected chi connectivity index (χ1v) is 6.19. The van der Waals surface area contributed by atoms with Crippen molar-refractivity contribution in [2.75, 3.05) is 6.61 Å². The van der Waals surface area contributed by atoms with E-state index < -0.39 is 0 Å². The summed E-state index contributed by atoms with van der Waals surface area (Å²) in [6.45, 7) is 2.98. The molecule has 18 heavy (non-hydrogen) atoms. The van der Waals surface area contributed by atoms with E-state index in [1.54, 1.807) is 0 Å². The lowest BCUT2D eigenvalue weighted by Crippen LogP contribution is -2.05. The predicted octanol–water partition coefficient (Wildman–Crippen LogP) is 2.60. The van der Waals surface area contributed by atoms with Gasteiger partial charge < -0.3 is 15.0 Å². The number of halogens is 1. The van der Waals surface area contributed by atoms with Gasteiger partial charge in [0.25, 0.3) is 0 Å². The van der Waals surface area contributed by atoms with Crippen molar-refractivity contribution in [3.05, 3.63) is 35.2 Å². The molecule has 2 N–H and O–H groups in total. The van der Waals surface area contributed by atoms with E-state index in [-0.39, 0.29) is 0 Å². The Morgan fingerprint density at radius 3 is 2.50 bits per heavy atom. The Morgan fingerprint density at radius 2 is 2.00 bits per heavy atom. The maximum Gasteiger partial charge on any atom is 0.155 e. The summed E-state index contributed by atoms with van der Waals surface area (Å²) in [6, 6.07) is 7.77. The van der Waals surface area contributed by atoms with Gasteiger partial charge in [0.2, 0.25) is 0 Å². The molecule has 2 rings (SSSR count). The summed E-state index contributed by atoms with van der Waals surface area (Å²) in [4.78, 5) is 4.24. The second kappa shape index (κ2) is 5.42. The van der Waals surface area contributed by atoms with Crippen molar-refractivity contribution in [1.29, 1.82) is 0 Å². The molecule has 0 bridgehead atoms. The zero-order chi connectivity index (χ0) is 13.1. The molecule has 0 unspecified atom stereocenters. The van der Waals surface area contributed by atoms with Crippen LogP contribution in [0.5, 0.6) is 5.75 Å². The molecule has 1 aromatic carbocycles. The fourth-order valence-electron chi connectivity index (χ4n) is 1.88. The fraction of sp³-hybridized carbons (Fsp3) is 0.308. The average molecular weight is 266 g/mol. The molecular weight excluding hydrogens is 250 g/mol. The molecular formula is C13H16ClN3O. The number of hydrogen-bond donors (Lipinski definition) is 1. The molecule has 5 heteroatoms. The highest BCUT2D eigenvalue weighted by Crippen LogP contribution is 2.29. The quantitative estimate of drug-likeness (QED) is 0.925. The third kappa shape index (κ3) is 2.35. The van der Waals surface area contributed by atoms with E-state index in [1.807, 2.05) is 42.8 Å². The van der Waals surface area contributed by atoms with E-state index >= 15 is 0 Å². The van der Waals surface area contributed by atoms with Crippen LogP contribution in [0, 0.1) is 0 Å². The maximum atomic E-state index is 6.15. The minimum Gasteiger partial charge on any atom is -0.494 e. The SMILES string of the molecule is CCOc1ccc(-c2c(Cl)nc(CN)n2C)cc1. The smallest absolute Gasteiger partial charge is 0.155 e. The summed E-state index contributed by atoms with van der Waals surface area (Å²) in [5.74, 6) is 1.61. The Balaban J connectivity index is 2.39. The molecule has 0 radical (unpaired) electrons. The number of nitrogens with zero attached hydrogens (tertiary/aromatic N) is 2. The molecule has 0 saturated carbocycles. The molecule has 4 nitrogen and oxygen atoms in total. The number of ether oxygens (including phenoxy) is 1. The van der Waals surface area contributed by atoms with Gasteiger partial charge in [-0.3, -0.25) is 0 Å². The molecule has 0 aliphatic rings. The Kier molecular flexibility index (Phi) is 3.89. The van der Waals surface area contributed by atoms with Gasteiger partial charge in [-0.15, -0.1) is 0 Å². The Hall–Kier alpha value is -1.52. The highest BCUT2D eigenvalue weighted by molar-refractivity contribution is 6.32. The van der Waals surface area contributed by atoms with E-state index in [9.17, 15) is 0 Å². The lowest BCUT2D eigenvalue weighted by atomic mass is 10.1. The number of hydrogen-bond acceptors (Lipinski definition) is 3. The summed E-state index contributed by atoms with van der Waals surface area (Å²) in [7, 11) is 1.91. The second-order valence-electron chi connectivity index (χ2n) is 3.89. The molecule has 0 fully saturated rings. The largest absolute Gasteiger partial charge is 0.494 e. The normalized spacial score (nSPS) is 10.7. The van der Waals surface area contributed by atoms with Crippen LogP contribution in [-0.4, -0.2) is 16.2 Å². The molecule has 0 aliphatic heterocycles. The second-order valence-corrected chi connectivity index (χ2v) is 4.25.